The van der Waals surface area contributed by atoms with E-state index in [1.165, 1.54) is 25.7 Å². The lowest BCUT2D eigenvalue weighted by atomic mass is 10.0. The van der Waals surface area contributed by atoms with Crippen LogP contribution < -0.4 is 0 Å². The van der Waals surface area contributed by atoms with Gasteiger partial charge in [0.1, 0.15) is 0 Å². The van der Waals surface area contributed by atoms with Crippen molar-refractivity contribution in [3.8, 4) is 0 Å². The highest BCUT2D eigenvalue weighted by molar-refractivity contribution is 9.25. The maximum absolute atomic E-state index is 3.74. The quantitative estimate of drug-likeness (QED) is 0.521. The van der Waals surface area contributed by atoms with Crippen LogP contribution in [-0.4, -0.2) is 3.23 Å². The fraction of sp³-hybridized carbons (Fsp3) is 1.00. The Hall–Kier alpha value is 0.960. The molecule has 2 heteroatoms. The molecule has 0 aromatic rings. The molecule has 1 saturated carbocycles. The zero-order valence-electron chi connectivity index (χ0n) is 8.16. The highest BCUT2D eigenvalue weighted by Gasteiger charge is 2.67. The third-order valence-corrected chi connectivity index (χ3v) is 6.33. The van der Waals surface area contributed by atoms with Gasteiger partial charge in [-0.25, -0.2) is 0 Å². The smallest absolute Gasteiger partial charge is 0.0718 e. The fourth-order valence-electron chi connectivity index (χ4n) is 1.90. The van der Waals surface area contributed by atoms with E-state index in [2.05, 4.69) is 52.6 Å². The Morgan fingerprint density at radius 2 is 1.67 bits per heavy atom. The Balaban J connectivity index is 2.29. The van der Waals surface area contributed by atoms with Crippen molar-refractivity contribution in [3.05, 3.63) is 0 Å². The molecule has 0 spiro atoms. The molecular formula is C10H18Br2. The fourth-order valence-corrected chi connectivity index (χ4v) is 3.82. The van der Waals surface area contributed by atoms with E-state index in [4.69, 9.17) is 0 Å². The van der Waals surface area contributed by atoms with Crippen molar-refractivity contribution in [3.63, 3.8) is 0 Å². The first-order chi connectivity index (χ1) is 5.44. The Kier molecular flexibility index (Phi) is 3.32. The van der Waals surface area contributed by atoms with Gasteiger partial charge in [-0.3, -0.25) is 0 Å². The SMILES string of the molecule is CCCCCC1C(C)(C)C1(Br)Br. The summed E-state index contributed by atoms with van der Waals surface area (Å²) in [4.78, 5) is 0. The third kappa shape index (κ3) is 1.75. The summed E-state index contributed by atoms with van der Waals surface area (Å²) < 4.78 is 0.237. The van der Waals surface area contributed by atoms with Crippen LogP contribution in [-0.2, 0) is 0 Å². The zero-order valence-corrected chi connectivity index (χ0v) is 11.3. The lowest BCUT2D eigenvalue weighted by molar-refractivity contribution is 0.507. The Labute approximate surface area is 92.8 Å². The molecule has 0 saturated heterocycles. The Morgan fingerprint density at radius 3 is 2.00 bits per heavy atom. The van der Waals surface area contributed by atoms with Crippen molar-refractivity contribution < 1.29 is 0 Å². The van der Waals surface area contributed by atoms with Crippen LogP contribution in [0, 0.1) is 11.3 Å². The standard InChI is InChI=1S/C10H18Br2/c1-4-5-6-7-8-9(2,3)10(8,11)12/h8H,4-7H2,1-3H3. The molecule has 1 fully saturated rings. The van der Waals surface area contributed by atoms with E-state index in [0.29, 0.717) is 5.41 Å². The summed E-state index contributed by atoms with van der Waals surface area (Å²) in [6.45, 7) is 6.91. The van der Waals surface area contributed by atoms with Crippen molar-refractivity contribution in [2.75, 3.05) is 0 Å². The molecule has 0 aromatic carbocycles. The molecule has 12 heavy (non-hydrogen) atoms. The second-order valence-corrected chi connectivity index (χ2v) is 7.96. The van der Waals surface area contributed by atoms with Gasteiger partial charge in [0.05, 0.1) is 3.23 Å². The number of unbranched alkanes of at least 4 members (excludes halogenated alkanes) is 2. The summed E-state index contributed by atoms with van der Waals surface area (Å²) in [5.41, 5.74) is 0.445. The number of hydrogen-bond donors (Lipinski definition) is 0. The Morgan fingerprint density at radius 1 is 1.17 bits per heavy atom. The van der Waals surface area contributed by atoms with Crippen LogP contribution in [0.15, 0.2) is 0 Å². The molecule has 0 radical (unpaired) electrons. The summed E-state index contributed by atoms with van der Waals surface area (Å²) in [7, 11) is 0. The molecule has 0 N–H and O–H groups in total. The largest absolute Gasteiger partial charge is 0.0893 e. The van der Waals surface area contributed by atoms with Crippen LogP contribution in [0.2, 0.25) is 0 Å². The highest BCUT2D eigenvalue weighted by atomic mass is 79.9. The Bertz CT molecular complexity index is 147. The molecule has 1 rings (SSSR count). The maximum atomic E-state index is 3.74. The van der Waals surface area contributed by atoms with Gasteiger partial charge in [-0.15, -0.1) is 0 Å². The van der Waals surface area contributed by atoms with Crippen LogP contribution in [0.25, 0.3) is 0 Å². The van der Waals surface area contributed by atoms with Crippen LogP contribution in [0.4, 0.5) is 0 Å². The van der Waals surface area contributed by atoms with Crippen LogP contribution in [0.3, 0.4) is 0 Å². The van der Waals surface area contributed by atoms with E-state index in [9.17, 15) is 0 Å². The third-order valence-electron chi connectivity index (χ3n) is 3.18. The van der Waals surface area contributed by atoms with Gasteiger partial charge >= 0.3 is 0 Å². The minimum atomic E-state index is 0.237. The molecule has 0 amide bonds. The topological polar surface area (TPSA) is 0 Å². The van der Waals surface area contributed by atoms with Crippen molar-refractivity contribution in [2.24, 2.45) is 11.3 Å². The van der Waals surface area contributed by atoms with Gasteiger partial charge in [0.2, 0.25) is 0 Å². The molecule has 72 valence electrons. The maximum Gasteiger partial charge on any atom is 0.0893 e. The monoisotopic (exact) mass is 296 g/mol. The molecule has 1 unspecified atom stereocenters. The molecule has 1 atom stereocenters. The van der Waals surface area contributed by atoms with Crippen molar-refractivity contribution >= 4 is 31.9 Å². The summed E-state index contributed by atoms with van der Waals surface area (Å²) >= 11 is 7.49. The predicted octanol–water partition coefficient (Wildman–Crippen LogP) is 4.71. The van der Waals surface area contributed by atoms with Crippen molar-refractivity contribution in [2.45, 2.75) is 49.7 Å². The zero-order chi connectivity index (χ0) is 9.41. The van der Waals surface area contributed by atoms with E-state index in [1.54, 1.807) is 0 Å². The van der Waals surface area contributed by atoms with Gasteiger partial charge in [-0.1, -0.05) is 71.9 Å². The normalized spacial score (nSPS) is 30.2. The minimum Gasteiger partial charge on any atom is -0.0718 e. The molecule has 0 heterocycles. The highest BCUT2D eigenvalue weighted by Crippen LogP contribution is 2.72. The molecule has 0 aliphatic heterocycles. The van der Waals surface area contributed by atoms with Gasteiger partial charge in [-0.05, 0) is 17.8 Å². The van der Waals surface area contributed by atoms with E-state index in [-0.39, 0.29) is 3.23 Å². The second-order valence-electron chi connectivity index (χ2n) is 4.39. The van der Waals surface area contributed by atoms with E-state index in [0.717, 1.165) is 5.92 Å². The van der Waals surface area contributed by atoms with Crippen LogP contribution >= 0.6 is 31.9 Å². The summed E-state index contributed by atoms with van der Waals surface area (Å²) in [6, 6.07) is 0. The molecule has 0 nitrogen and oxygen atoms in total. The van der Waals surface area contributed by atoms with Gasteiger partial charge < -0.3 is 0 Å². The summed E-state index contributed by atoms with van der Waals surface area (Å²) in [5.74, 6) is 0.816. The molecule has 0 aromatic heterocycles. The average molecular weight is 298 g/mol. The van der Waals surface area contributed by atoms with E-state index >= 15 is 0 Å². The first-order valence-corrected chi connectivity index (χ1v) is 6.41. The second kappa shape index (κ2) is 3.61. The van der Waals surface area contributed by atoms with E-state index in [1.807, 2.05) is 0 Å². The average Bonchev–Trinajstić information content (AvgIpc) is 2.32. The van der Waals surface area contributed by atoms with Gasteiger partial charge in [0, 0.05) is 0 Å². The van der Waals surface area contributed by atoms with Gasteiger partial charge in [0.25, 0.3) is 0 Å². The van der Waals surface area contributed by atoms with E-state index < -0.39 is 0 Å². The lowest BCUT2D eigenvalue weighted by Crippen LogP contribution is -1.94. The van der Waals surface area contributed by atoms with Crippen molar-refractivity contribution in [1.29, 1.82) is 0 Å². The molecule has 0 bridgehead atoms. The molecule has 1 aliphatic rings. The van der Waals surface area contributed by atoms with Crippen LogP contribution in [0.1, 0.15) is 46.5 Å². The van der Waals surface area contributed by atoms with Crippen LogP contribution in [0.5, 0.6) is 0 Å². The summed E-state index contributed by atoms with van der Waals surface area (Å²) in [5, 5.41) is 0. The predicted molar refractivity (Wildman–Crippen MR) is 62.0 cm³/mol. The van der Waals surface area contributed by atoms with Gasteiger partial charge in [-0.2, -0.15) is 0 Å². The van der Waals surface area contributed by atoms with Gasteiger partial charge in [0.15, 0.2) is 0 Å². The number of hydrogen-bond acceptors (Lipinski definition) is 0. The molecular weight excluding hydrogens is 280 g/mol. The first kappa shape index (κ1) is 11.0. The van der Waals surface area contributed by atoms with Crippen molar-refractivity contribution in [1.82, 2.24) is 0 Å². The number of alkyl halides is 2. The number of rotatable bonds is 4. The minimum absolute atomic E-state index is 0.237. The first-order valence-electron chi connectivity index (χ1n) is 4.82. The molecule has 1 aliphatic carbocycles. The summed E-state index contributed by atoms with van der Waals surface area (Å²) in [6.07, 6.45) is 5.44. The number of halogens is 2. The lowest BCUT2D eigenvalue weighted by Gasteiger charge is -2.00.